The van der Waals surface area contributed by atoms with Gasteiger partial charge in [-0.2, -0.15) is 0 Å². The number of pyridine rings is 1. The molecule has 5 nitrogen and oxygen atoms in total. The Kier molecular flexibility index (Phi) is 5.36. The van der Waals surface area contributed by atoms with Crippen LogP contribution in [-0.2, 0) is 0 Å². The summed E-state index contributed by atoms with van der Waals surface area (Å²) in [6, 6.07) is 11.3. The van der Waals surface area contributed by atoms with Crippen LogP contribution in [0.4, 0.5) is 11.4 Å². The van der Waals surface area contributed by atoms with E-state index in [1.54, 1.807) is 12.3 Å². The number of amides is 1. The first-order valence-electron chi connectivity index (χ1n) is 7.35. The molecule has 1 heterocycles. The van der Waals surface area contributed by atoms with E-state index < -0.39 is 0 Å². The van der Waals surface area contributed by atoms with Gasteiger partial charge in [0.2, 0.25) is 0 Å². The van der Waals surface area contributed by atoms with Crippen molar-refractivity contribution in [2.24, 2.45) is 0 Å². The fraction of sp³-hybridized carbons (Fsp3) is 0.294. The van der Waals surface area contributed by atoms with Crippen LogP contribution in [0.1, 0.15) is 31.3 Å². The molecule has 0 saturated heterocycles. The van der Waals surface area contributed by atoms with Gasteiger partial charge in [-0.05, 0) is 57.2 Å². The fourth-order valence-electron chi connectivity index (χ4n) is 1.91. The number of nitrogens with one attached hydrogen (secondary N) is 2. The number of ether oxygens (including phenoxy) is 1. The van der Waals surface area contributed by atoms with Crippen molar-refractivity contribution in [3.05, 3.63) is 48.3 Å². The van der Waals surface area contributed by atoms with Gasteiger partial charge in [0.1, 0.15) is 11.4 Å². The standard InChI is InChI=1S/C17H21N3O2/c1-4-22-15-8-5-13(6-9-15)20-14-7-10-16(18-11-14)17(21)19-12(2)3/h5-12,20H,4H2,1-3H3,(H,19,21). The maximum atomic E-state index is 11.8. The Balaban J connectivity index is 2.00. The summed E-state index contributed by atoms with van der Waals surface area (Å²) in [7, 11) is 0. The highest BCUT2D eigenvalue weighted by Crippen LogP contribution is 2.19. The van der Waals surface area contributed by atoms with Gasteiger partial charge < -0.3 is 15.4 Å². The molecule has 0 radical (unpaired) electrons. The molecule has 0 aliphatic rings. The van der Waals surface area contributed by atoms with Crippen LogP contribution in [0.15, 0.2) is 42.6 Å². The minimum Gasteiger partial charge on any atom is -0.494 e. The van der Waals surface area contributed by atoms with Gasteiger partial charge in [-0.1, -0.05) is 0 Å². The summed E-state index contributed by atoms with van der Waals surface area (Å²) in [6.45, 7) is 6.44. The molecule has 0 unspecified atom stereocenters. The minimum atomic E-state index is -0.164. The van der Waals surface area contributed by atoms with E-state index >= 15 is 0 Å². The van der Waals surface area contributed by atoms with Crippen LogP contribution < -0.4 is 15.4 Å². The number of carbonyl (C=O) groups excluding carboxylic acids is 1. The van der Waals surface area contributed by atoms with Gasteiger partial charge in [-0.15, -0.1) is 0 Å². The van der Waals surface area contributed by atoms with E-state index in [1.807, 2.05) is 51.1 Å². The van der Waals surface area contributed by atoms with E-state index in [1.165, 1.54) is 0 Å². The predicted molar refractivity (Wildman–Crippen MR) is 87.7 cm³/mol. The average Bonchev–Trinajstić information content (AvgIpc) is 2.49. The van der Waals surface area contributed by atoms with Crippen LogP contribution in [-0.4, -0.2) is 23.5 Å². The summed E-state index contributed by atoms with van der Waals surface area (Å²) in [6.07, 6.45) is 1.64. The van der Waals surface area contributed by atoms with Gasteiger partial charge in [0.05, 0.1) is 18.5 Å². The smallest absolute Gasteiger partial charge is 0.270 e. The fourth-order valence-corrected chi connectivity index (χ4v) is 1.91. The largest absolute Gasteiger partial charge is 0.494 e. The molecule has 0 aliphatic heterocycles. The molecule has 0 atom stereocenters. The predicted octanol–water partition coefficient (Wildman–Crippen LogP) is 3.36. The molecule has 0 aliphatic carbocycles. The molecule has 2 rings (SSSR count). The third-order valence-corrected chi connectivity index (χ3v) is 2.87. The van der Waals surface area contributed by atoms with Crippen LogP contribution in [0.5, 0.6) is 5.75 Å². The lowest BCUT2D eigenvalue weighted by atomic mass is 10.2. The molecule has 2 aromatic rings. The van der Waals surface area contributed by atoms with Gasteiger partial charge in [-0.25, -0.2) is 4.98 Å². The number of aromatic nitrogens is 1. The maximum Gasteiger partial charge on any atom is 0.270 e. The van der Waals surface area contributed by atoms with E-state index in [0.29, 0.717) is 12.3 Å². The Morgan fingerprint density at radius 2 is 1.82 bits per heavy atom. The second-order valence-electron chi connectivity index (χ2n) is 5.14. The van der Waals surface area contributed by atoms with E-state index in [0.717, 1.165) is 17.1 Å². The topological polar surface area (TPSA) is 63.2 Å². The number of nitrogens with zero attached hydrogens (tertiary/aromatic N) is 1. The molecule has 5 heteroatoms. The summed E-state index contributed by atoms with van der Waals surface area (Å²) in [5.74, 6) is 0.675. The van der Waals surface area contributed by atoms with Crippen molar-refractivity contribution in [2.75, 3.05) is 11.9 Å². The molecule has 0 saturated carbocycles. The third kappa shape index (κ3) is 4.48. The molecule has 0 spiro atoms. The van der Waals surface area contributed by atoms with Crippen molar-refractivity contribution >= 4 is 17.3 Å². The monoisotopic (exact) mass is 299 g/mol. The minimum absolute atomic E-state index is 0.0935. The van der Waals surface area contributed by atoms with Gasteiger partial charge in [0, 0.05) is 11.7 Å². The number of rotatable bonds is 6. The quantitative estimate of drug-likeness (QED) is 0.858. The van der Waals surface area contributed by atoms with E-state index in [2.05, 4.69) is 15.6 Å². The number of hydrogen-bond acceptors (Lipinski definition) is 4. The molecular formula is C17H21N3O2. The molecule has 116 valence electrons. The normalized spacial score (nSPS) is 10.4. The summed E-state index contributed by atoms with van der Waals surface area (Å²) >= 11 is 0. The summed E-state index contributed by atoms with van der Waals surface area (Å²) in [4.78, 5) is 16.0. The van der Waals surface area contributed by atoms with Gasteiger partial charge >= 0.3 is 0 Å². The van der Waals surface area contributed by atoms with Crippen molar-refractivity contribution in [1.29, 1.82) is 0 Å². The van der Waals surface area contributed by atoms with Crippen LogP contribution in [0, 0.1) is 0 Å². The van der Waals surface area contributed by atoms with E-state index in [9.17, 15) is 4.79 Å². The van der Waals surface area contributed by atoms with Crippen LogP contribution >= 0.6 is 0 Å². The zero-order valence-corrected chi connectivity index (χ0v) is 13.1. The van der Waals surface area contributed by atoms with Gasteiger partial charge in [0.25, 0.3) is 5.91 Å². The third-order valence-electron chi connectivity index (χ3n) is 2.87. The molecule has 22 heavy (non-hydrogen) atoms. The maximum absolute atomic E-state index is 11.8. The molecule has 1 aromatic carbocycles. The van der Waals surface area contributed by atoms with E-state index in [-0.39, 0.29) is 11.9 Å². The molecule has 0 fully saturated rings. The summed E-state index contributed by atoms with van der Waals surface area (Å²) < 4.78 is 5.40. The Morgan fingerprint density at radius 1 is 1.14 bits per heavy atom. The number of anilines is 2. The van der Waals surface area contributed by atoms with Crippen LogP contribution in [0.25, 0.3) is 0 Å². The highest BCUT2D eigenvalue weighted by molar-refractivity contribution is 5.92. The molecule has 0 bridgehead atoms. The van der Waals surface area contributed by atoms with Gasteiger partial charge in [0.15, 0.2) is 0 Å². The SMILES string of the molecule is CCOc1ccc(Nc2ccc(C(=O)NC(C)C)nc2)cc1. The Labute approximate surface area is 130 Å². The number of carbonyl (C=O) groups is 1. The second-order valence-corrected chi connectivity index (χ2v) is 5.14. The highest BCUT2D eigenvalue weighted by atomic mass is 16.5. The number of benzene rings is 1. The molecule has 1 aromatic heterocycles. The lowest BCUT2D eigenvalue weighted by Gasteiger charge is -2.10. The number of hydrogen-bond donors (Lipinski definition) is 2. The van der Waals surface area contributed by atoms with Gasteiger partial charge in [-0.3, -0.25) is 4.79 Å². The van der Waals surface area contributed by atoms with Crippen molar-refractivity contribution in [1.82, 2.24) is 10.3 Å². The zero-order chi connectivity index (χ0) is 15.9. The summed E-state index contributed by atoms with van der Waals surface area (Å²) in [5, 5.41) is 6.04. The lowest BCUT2D eigenvalue weighted by molar-refractivity contribution is 0.0938. The van der Waals surface area contributed by atoms with Crippen molar-refractivity contribution in [3.8, 4) is 5.75 Å². The first kappa shape index (κ1) is 15.8. The lowest BCUT2D eigenvalue weighted by Crippen LogP contribution is -2.30. The molecular weight excluding hydrogens is 278 g/mol. The Morgan fingerprint density at radius 3 is 2.36 bits per heavy atom. The first-order chi connectivity index (χ1) is 10.6. The van der Waals surface area contributed by atoms with Crippen LogP contribution in [0.3, 0.4) is 0 Å². The first-order valence-corrected chi connectivity index (χ1v) is 7.35. The second kappa shape index (κ2) is 7.45. The Bertz CT molecular complexity index is 607. The van der Waals surface area contributed by atoms with Crippen molar-refractivity contribution in [3.63, 3.8) is 0 Å². The van der Waals surface area contributed by atoms with Crippen LogP contribution in [0.2, 0.25) is 0 Å². The zero-order valence-electron chi connectivity index (χ0n) is 13.1. The van der Waals surface area contributed by atoms with Crippen molar-refractivity contribution in [2.45, 2.75) is 26.8 Å². The molecule has 2 N–H and O–H groups in total. The highest BCUT2D eigenvalue weighted by Gasteiger charge is 2.08. The Hall–Kier alpha value is -2.56. The molecule has 1 amide bonds. The van der Waals surface area contributed by atoms with E-state index in [4.69, 9.17) is 4.74 Å². The summed E-state index contributed by atoms with van der Waals surface area (Å²) in [5.41, 5.74) is 2.17. The van der Waals surface area contributed by atoms with Crippen molar-refractivity contribution < 1.29 is 9.53 Å². The average molecular weight is 299 g/mol.